The van der Waals surface area contributed by atoms with Crippen LogP contribution < -0.4 is 16.0 Å². The summed E-state index contributed by atoms with van der Waals surface area (Å²) in [4.78, 5) is 67.0. The van der Waals surface area contributed by atoms with Gasteiger partial charge in [0.2, 0.25) is 23.6 Å². The number of hydrogen-bond donors (Lipinski definition) is 4. The smallest absolute Gasteiger partial charge is 0.309 e. The van der Waals surface area contributed by atoms with E-state index in [4.69, 9.17) is 4.74 Å². The molecule has 2 heterocycles. The maximum Gasteiger partial charge on any atom is 0.309 e. The normalized spacial score (nSPS) is 28.6. The van der Waals surface area contributed by atoms with E-state index in [0.29, 0.717) is 12.2 Å². The Labute approximate surface area is 244 Å². The van der Waals surface area contributed by atoms with Crippen molar-refractivity contribution in [1.82, 2.24) is 20.9 Å². The Morgan fingerprint density at radius 1 is 1.10 bits per heavy atom. The van der Waals surface area contributed by atoms with Crippen molar-refractivity contribution in [2.24, 2.45) is 5.92 Å². The van der Waals surface area contributed by atoms with Gasteiger partial charge in [-0.15, -0.1) is 0 Å². The van der Waals surface area contributed by atoms with Crippen molar-refractivity contribution in [2.45, 2.75) is 103 Å². The molecule has 2 bridgehead atoms. The van der Waals surface area contributed by atoms with Crippen molar-refractivity contribution in [3.8, 4) is 0 Å². The van der Waals surface area contributed by atoms with E-state index in [1.165, 1.54) is 21.6 Å². The number of nitrogens with zero attached hydrogens (tertiary/aromatic N) is 1. The first-order valence-electron chi connectivity index (χ1n) is 13.6. The summed E-state index contributed by atoms with van der Waals surface area (Å²) in [5, 5.41) is 19.0. The molecule has 2 rings (SSSR count). The summed E-state index contributed by atoms with van der Waals surface area (Å²) in [6.45, 7) is 9.29. The molecule has 4 N–H and O–H groups in total. The molecule has 1 fully saturated rings. The molecule has 4 amide bonds. The van der Waals surface area contributed by atoms with Crippen LogP contribution in [0.25, 0.3) is 0 Å². The van der Waals surface area contributed by atoms with Crippen LogP contribution in [0.2, 0.25) is 0 Å². The Morgan fingerprint density at radius 3 is 2.45 bits per heavy atom. The van der Waals surface area contributed by atoms with Gasteiger partial charge in [-0.1, -0.05) is 41.5 Å². The van der Waals surface area contributed by atoms with Gasteiger partial charge >= 0.3 is 5.97 Å². The van der Waals surface area contributed by atoms with Crippen LogP contribution >= 0.6 is 21.6 Å². The van der Waals surface area contributed by atoms with Gasteiger partial charge < -0.3 is 30.7 Å². The van der Waals surface area contributed by atoms with Crippen molar-refractivity contribution in [3.63, 3.8) is 0 Å². The van der Waals surface area contributed by atoms with E-state index in [-0.39, 0.29) is 43.3 Å². The molecular weight excluding hydrogens is 556 g/mol. The third-order valence-electron chi connectivity index (χ3n) is 6.84. The van der Waals surface area contributed by atoms with Gasteiger partial charge in [-0.05, 0) is 45.6 Å². The van der Waals surface area contributed by atoms with E-state index in [2.05, 4.69) is 16.0 Å². The monoisotopic (exact) mass is 600 g/mol. The van der Waals surface area contributed by atoms with Crippen molar-refractivity contribution in [3.05, 3.63) is 12.2 Å². The first-order chi connectivity index (χ1) is 18.7. The van der Waals surface area contributed by atoms with Gasteiger partial charge in [-0.25, -0.2) is 0 Å². The molecule has 2 aliphatic heterocycles. The number of aliphatic hydroxyl groups excluding tert-OH is 1. The van der Waals surface area contributed by atoms with Crippen molar-refractivity contribution < 1.29 is 33.8 Å². The molecule has 40 heavy (non-hydrogen) atoms. The molecule has 0 aliphatic carbocycles. The van der Waals surface area contributed by atoms with Crippen LogP contribution in [0.3, 0.4) is 0 Å². The number of hydrogen-bond acceptors (Lipinski definition) is 9. The molecular formula is C27H44N4O7S2. The van der Waals surface area contributed by atoms with Crippen LogP contribution in [-0.4, -0.2) is 94.0 Å². The van der Waals surface area contributed by atoms with Crippen LogP contribution in [0.1, 0.15) is 66.7 Å². The zero-order valence-corrected chi connectivity index (χ0v) is 25.9. The Bertz CT molecular complexity index is 954. The number of amides is 4. The lowest BCUT2D eigenvalue weighted by molar-refractivity contribution is -0.151. The fourth-order valence-electron chi connectivity index (χ4n) is 4.14. The van der Waals surface area contributed by atoms with E-state index < -0.39 is 59.6 Å². The molecule has 2 aliphatic rings. The van der Waals surface area contributed by atoms with Crippen molar-refractivity contribution >= 4 is 51.2 Å². The highest BCUT2D eigenvalue weighted by Crippen LogP contribution is 2.24. The molecule has 5 atom stereocenters. The number of allylic oxidation sites excluding steroid dienone is 1. The number of rotatable bonds is 4. The summed E-state index contributed by atoms with van der Waals surface area (Å²) in [6.07, 6.45) is 1.35. The average Bonchev–Trinajstić information content (AvgIpc) is 2.85. The quantitative estimate of drug-likeness (QED) is 0.214. The Hall–Kier alpha value is -2.25. The maximum atomic E-state index is 13.5. The van der Waals surface area contributed by atoms with Crippen LogP contribution in [0.15, 0.2) is 12.2 Å². The summed E-state index contributed by atoms with van der Waals surface area (Å²) < 4.78 is 5.53. The third-order valence-corrected chi connectivity index (χ3v) is 9.28. The number of aliphatic hydroxyl groups is 1. The molecule has 13 heteroatoms. The van der Waals surface area contributed by atoms with E-state index in [9.17, 15) is 29.1 Å². The van der Waals surface area contributed by atoms with Gasteiger partial charge in [0.25, 0.3) is 0 Å². The number of carbonyl (C=O) groups excluding carboxylic acids is 5. The second-order valence-corrected chi connectivity index (χ2v) is 14.1. The molecule has 0 aromatic carbocycles. The Balaban J connectivity index is 2.44. The van der Waals surface area contributed by atoms with E-state index >= 15 is 0 Å². The van der Waals surface area contributed by atoms with Gasteiger partial charge in [0, 0.05) is 30.5 Å². The van der Waals surface area contributed by atoms with Gasteiger partial charge in [0.05, 0.1) is 25.0 Å². The van der Waals surface area contributed by atoms with Crippen LogP contribution in [0.4, 0.5) is 0 Å². The second kappa shape index (κ2) is 15.7. The third kappa shape index (κ3) is 11.0. The lowest BCUT2D eigenvalue weighted by Gasteiger charge is -2.32. The summed E-state index contributed by atoms with van der Waals surface area (Å²) >= 11 is 0. The van der Waals surface area contributed by atoms with E-state index in [0.717, 1.165) is 0 Å². The minimum absolute atomic E-state index is 0.00641. The Kier molecular flexibility index (Phi) is 13.3. The molecule has 0 aromatic heterocycles. The zero-order valence-electron chi connectivity index (χ0n) is 24.2. The predicted octanol–water partition coefficient (Wildman–Crippen LogP) is 1.54. The standard InChI is InChI=1S/C27H44N4O7S2/c1-16(2)24-20(32)14-23(35)38-17-9-7-8-12-39-40-15-19(26(37)30-24)29-25(36)18(28-21(33)13-17)10-11-22(34)31(6)27(3,4)5/h7,9,16-20,24,32H,8,10-15H2,1-6H3,(H,28,33)(H,29,36)(H,30,37)/b9-7+/t17-,18-,19+,20+,24-/m1/s1. The number of esters is 1. The van der Waals surface area contributed by atoms with Crippen LogP contribution in [0.5, 0.6) is 0 Å². The van der Waals surface area contributed by atoms with Crippen molar-refractivity contribution in [2.75, 3.05) is 18.6 Å². The fraction of sp³-hybridized carbons (Fsp3) is 0.741. The van der Waals surface area contributed by atoms with Crippen molar-refractivity contribution in [1.29, 1.82) is 0 Å². The van der Waals surface area contributed by atoms with Gasteiger partial charge in [-0.3, -0.25) is 24.0 Å². The number of carbonyl (C=O) groups is 5. The number of ether oxygens (including phenoxy) is 1. The lowest BCUT2D eigenvalue weighted by Crippen LogP contribution is -2.58. The topological polar surface area (TPSA) is 154 Å². The van der Waals surface area contributed by atoms with Gasteiger partial charge in [0.1, 0.15) is 18.2 Å². The molecule has 11 nitrogen and oxygen atoms in total. The first-order valence-corrected chi connectivity index (χ1v) is 16.1. The average molecular weight is 601 g/mol. The summed E-state index contributed by atoms with van der Waals surface area (Å²) in [6, 6.07) is -2.85. The highest BCUT2D eigenvalue weighted by molar-refractivity contribution is 8.76. The summed E-state index contributed by atoms with van der Waals surface area (Å²) in [5.41, 5.74) is -0.421. The largest absolute Gasteiger partial charge is 0.457 e. The Morgan fingerprint density at radius 2 is 1.80 bits per heavy atom. The fourth-order valence-corrected chi connectivity index (χ4v) is 6.30. The number of nitrogens with one attached hydrogen (secondary N) is 3. The highest BCUT2D eigenvalue weighted by atomic mass is 33.1. The zero-order chi connectivity index (χ0) is 30.0. The van der Waals surface area contributed by atoms with E-state index in [1.807, 2.05) is 26.8 Å². The van der Waals surface area contributed by atoms with Gasteiger partial charge in [-0.2, -0.15) is 0 Å². The minimum Gasteiger partial charge on any atom is -0.457 e. The minimum atomic E-state index is -1.23. The van der Waals surface area contributed by atoms with Crippen LogP contribution in [-0.2, 0) is 28.7 Å². The molecule has 0 spiro atoms. The summed E-state index contributed by atoms with van der Waals surface area (Å²) in [7, 11) is 4.63. The molecule has 0 aromatic rings. The maximum absolute atomic E-state index is 13.5. The number of fused-ring (bicyclic) bond motifs is 7. The first kappa shape index (κ1) is 34.0. The van der Waals surface area contributed by atoms with Gasteiger partial charge in [0.15, 0.2) is 0 Å². The molecule has 0 radical (unpaired) electrons. The SMILES string of the molecule is CC(C)[C@H]1NC(=O)[C@@H]2CSSCC/C=C/[C@H](CC(=O)N[C@H](CCC(=O)N(C)C(C)(C)C)C(=O)N2)OC(=O)C[C@@H]1O. The van der Waals surface area contributed by atoms with Crippen LogP contribution in [0, 0.1) is 5.92 Å². The summed E-state index contributed by atoms with van der Waals surface area (Å²) in [5.74, 6) is -1.84. The lowest BCUT2D eigenvalue weighted by atomic mass is 9.96. The molecule has 0 saturated carbocycles. The molecule has 0 unspecified atom stereocenters. The second-order valence-electron chi connectivity index (χ2n) is 11.4. The van der Waals surface area contributed by atoms with E-state index in [1.54, 1.807) is 31.9 Å². The molecule has 1 saturated heterocycles. The predicted molar refractivity (Wildman–Crippen MR) is 156 cm³/mol. The molecule has 226 valence electrons. The highest BCUT2D eigenvalue weighted by Gasteiger charge is 2.34.